The minimum absolute atomic E-state index is 0.196. The molecule has 0 saturated carbocycles. The summed E-state index contributed by atoms with van der Waals surface area (Å²) in [4.78, 5) is 36.5. The van der Waals surface area contributed by atoms with Crippen molar-refractivity contribution in [1.29, 1.82) is 0 Å². The molecule has 29 heavy (non-hydrogen) atoms. The lowest BCUT2D eigenvalue weighted by atomic mass is 10.1. The van der Waals surface area contributed by atoms with E-state index in [2.05, 4.69) is 5.32 Å². The summed E-state index contributed by atoms with van der Waals surface area (Å²) in [6, 6.07) is 8.53. The number of rotatable bonds is 4. The topological polar surface area (TPSA) is 94.2 Å². The Morgan fingerprint density at radius 1 is 1.10 bits per heavy atom. The third-order valence-corrected chi connectivity index (χ3v) is 4.42. The number of primary amides is 1. The number of nitrogens with one attached hydrogen (secondary N) is 1. The molecule has 9 heteroatoms. The Labute approximate surface area is 162 Å². The lowest BCUT2D eigenvalue weighted by molar-refractivity contribution is -0.137. The minimum Gasteiger partial charge on any atom is -0.366 e. The SMILES string of the molecule is CCn1cc(C(=O)Nc2ccc(C(N)=O)cc2)c(=O)c2cc(C(F)(F)F)ccc21. The number of pyridine rings is 1. The molecule has 0 unspecified atom stereocenters. The largest absolute Gasteiger partial charge is 0.416 e. The average molecular weight is 403 g/mol. The summed E-state index contributed by atoms with van der Waals surface area (Å²) in [6.07, 6.45) is -3.30. The second-order valence-electron chi connectivity index (χ2n) is 6.28. The predicted octanol–water partition coefficient (Wildman–Crippen LogP) is 3.39. The number of nitrogens with zero attached hydrogens (tertiary/aromatic N) is 1. The van der Waals surface area contributed by atoms with Crippen molar-refractivity contribution < 1.29 is 22.8 Å². The molecule has 0 aliphatic rings. The van der Waals surface area contributed by atoms with Crippen LogP contribution in [0.5, 0.6) is 0 Å². The van der Waals surface area contributed by atoms with Crippen LogP contribution >= 0.6 is 0 Å². The minimum atomic E-state index is -4.61. The van der Waals surface area contributed by atoms with Crippen LogP contribution in [0, 0.1) is 0 Å². The molecule has 0 bridgehead atoms. The fourth-order valence-electron chi connectivity index (χ4n) is 2.91. The first-order valence-corrected chi connectivity index (χ1v) is 8.57. The predicted molar refractivity (Wildman–Crippen MR) is 102 cm³/mol. The van der Waals surface area contributed by atoms with Crippen LogP contribution in [0.3, 0.4) is 0 Å². The number of carbonyl (C=O) groups excluding carboxylic acids is 2. The van der Waals surface area contributed by atoms with E-state index in [-0.39, 0.29) is 16.5 Å². The number of carbonyl (C=O) groups is 2. The molecule has 2 amide bonds. The van der Waals surface area contributed by atoms with Crippen LogP contribution in [-0.2, 0) is 12.7 Å². The van der Waals surface area contributed by atoms with Gasteiger partial charge in [-0.2, -0.15) is 13.2 Å². The number of benzene rings is 2. The fourth-order valence-corrected chi connectivity index (χ4v) is 2.91. The number of hydrogen-bond acceptors (Lipinski definition) is 3. The Balaban J connectivity index is 2.05. The zero-order chi connectivity index (χ0) is 21.3. The van der Waals surface area contributed by atoms with Gasteiger partial charge in [0.15, 0.2) is 0 Å². The van der Waals surface area contributed by atoms with Gasteiger partial charge < -0.3 is 15.6 Å². The summed E-state index contributed by atoms with van der Waals surface area (Å²) in [5.74, 6) is -1.41. The van der Waals surface area contributed by atoms with Gasteiger partial charge >= 0.3 is 6.18 Å². The number of nitrogens with two attached hydrogens (primary N) is 1. The van der Waals surface area contributed by atoms with Crippen molar-refractivity contribution in [3.63, 3.8) is 0 Å². The van der Waals surface area contributed by atoms with Crippen LogP contribution in [-0.4, -0.2) is 16.4 Å². The van der Waals surface area contributed by atoms with Gasteiger partial charge in [0.2, 0.25) is 11.3 Å². The van der Waals surface area contributed by atoms with Gasteiger partial charge in [0.1, 0.15) is 5.56 Å². The summed E-state index contributed by atoms with van der Waals surface area (Å²) < 4.78 is 40.7. The highest BCUT2D eigenvalue weighted by Crippen LogP contribution is 2.30. The molecule has 3 aromatic rings. The van der Waals surface area contributed by atoms with Crippen molar-refractivity contribution in [2.75, 3.05) is 5.32 Å². The van der Waals surface area contributed by atoms with E-state index in [1.807, 2.05) is 0 Å². The zero-order valence-electron chi connectivity index (χ0n) is 15.2. The number of anilines is 1. The monoisotopic (exact) mass is 403 g/mol. The van der Waals surface area contributed by atoms with E-state index in [0.717, 1.165) is 12.1 Å². The molecule has 0 radical (unpaired) electrons. The van der Waals surface area contributed by atoms with Crippen LogP contribution in [0.2, 0.25) is 0 Å². The number of alkyl halides is 3. The number of aryl methyl sites for hydroxylation is 1. The lowest BCUT2D eigenvalue weighted by Gasteiger charge is -2.14. The quantitative estimate of drug-likeness (QED) is 0.699. The third kappa shape index (κ3) is 3.98. The normalized spacial score (nSPS) is 11.4. The number of aromatic nitrogens is 1. The van der Waals surface area contributed by atoms with E-state index in [1.165, 1.54) is 41.1 Å². The van der Waals surface area contributed by atoms with Gasteiger partial charge in [-0.1, -0.05) is 0 Å². The van der Waals surface area contributed by atoms with Gasteiger partial charge in [-0.3, -0.25) is 14.4 Å². The maximum Gasteiger partial charge on any atom is 0.416 e. The van der Waals surface area contributed by atoms with Gasteiger partial charge in [0.05, 0.1) is 11.1 Å². The summed E-state index contributed by atoms with van der Waals surface area (Å²) in [7, 11) is 0. The molecule has 150 valence electrons. The van der Waals surface area contributed by atoms with Crippen LogP contribution in [0.25, 0.3) is 10.9 Å². The molecule has 6 nitrogen and oxygen atoms in total. The van der Waals surface area contributed by atoms with Gasteiger partial charge in [-0.05, 0) is 49.4 Å². The van der Waals surface area contributed by atoms with Crippen molar-refractivity contribution in [2.24, 2.45) is 5.73 Å². The molecule has 3 rings (SSSR count). The molecule has 0 fully saturated rings. The fraction of sp³-hybridized carbons (Fsp3) is 0.150. The second kappa shape index (κ2) is 7.42. The molecule has 0 atom stereocenters. The van der Waals surface area contributed by atoms with E-state index in [0.29, 0.717) is 17.7 Å². The molecule has 0 aliphatic heterocycles. The highest BCUT2D eigenvalue weighted by atomic mass is 19.4. The molecule has 0 aliphatic carbocycles. The van der Waals surface area contributed by atoms with Crippen LogP contribution in [0.1, 0.15) is 33.2 Å². The van der Waals surface area contributed by atoms with E-state index in [4.69, 9.17) is 5.73 Å². The average Bonchev–Trinajstić information content (AvgIpc) is 2.67. The molecule has 0 saturated heterocycles. The molecular formula is C20H16F3N3O3. The van der Waals surface area contributed by atoms with Crippen molar-refractivity contribution in [3.05, 3.63) is 75.6 Å². The van der Waals surface area contributed by atoms with Crippen LogP contribution in [0.15, 0.2) is 53.5 Å². The highest BCUT2D eigenvalue weighted by molar-refractivity contribution is 6.06. The Hall–Kier alpha value is -3.62. The Morgan fingerprint density at radius 3 is 2.31 bits per heavy atom. The van der Waals surface area contributed by atoms with E-state index >= 15 is 0 Å². The summed E-state index contributed by atoms with van der Waals surface area (Å²) in [6.45, 7) is 2.08. The van der Waals surface area contributed by atoms with E-state index in [9.17, 15) is 27.6 Å². The molecular weight excluding hydrogens is 387 g/mol. The Kier molecular flexibility index (Phi) is 5.15. The maximum atomic E-state index is 13.0. The molecule has 1 heterocycles. The van der Waals surface area contributed by atoms with Crippen molar-refractivity contribution in [2.45, 2.75) is 19.6 Å². The van der Waals surface area contributed by atoms with E-state index in [1.54, 1.807) is 6.92 Å². The first-order chi connectivity index (χ1) is 13.6. The molecule has 2 aromatic carbocycles. The first-order valence-electron chi connectivity index (χ1n) is 8.57. The van der Waals surface area contributed by atoms with Crippen LogP contribution < -0.4 is 16.5 Å². The molecule has 1 aromatic heterocycles. The second-order valence-corrected chi connectivity index (χ2v) is 6.28. The lowest BCUT2D eigenvalue weighted by Crippen LogP contribution is -2.24. The van der Waals surface area contributed by atoms with Gasteiger partial charge in [0, 0.05) is 29.4 Å². The maximum absolute atomic E-state index is 13.0. The Morgan fingerprint density at radius 2 is 1.76 bits per heavy atom. The Bertz CT molecular complexity index is 1170. The number of halogens is 3. The molecule has 0 spiro atoms. The standard InChI is InChI=1S/C20H16F3N3O3/c1-2-26-10-15(19(29)25-13-6-3-11(4-7-13)18(24)28)17(27)14-9-12(20(21,22)23)5-8-16(14)26/h3-10H,2H2,1H3,(H2,24,28)(H,25,29). The van der Waals surface area contributed by atoms with Gasteiger partial charge in [-0.25, -0.2) is 0 Å². The number of hydrogen-bond donors (Lipinski definition) is 2. The highest BCUT2D eigenvalue weighted by Gasteiger charge is 2.31. The van der Waals surface area contributed by atoms with Gasteiger partial charge in [0.25, 0.3) is 5.91 Å². The van der Waals surface area contributed by atoms with Crippen molar-refractivity contribution in [1.82, 2.24) is 4.57 Å². The van der Waals surface area contributed by atoms with Crippen LogP contribution in [0.4, 0.5) is 18.9 Å². The van der Waals surface area contributed by atoms with Crippen molar-refractivity contribution >= 4 is 28.4 Å². The molecule has 3 N–H and O–H groups in total. The number of fused-ring (bicyclic) bond motifs is 1. The number of amides is 2. The van der Waals surface area contributed by atoms with E-state index < -0.39 is 29.0 Å². The summed E-state index contributed by atoms with van der Waals surface area (Å²) in [5.41, 5.74) is 3.92. The zero-order valence-corrected chi connectivity index (χ0v) is 15.2. The summed E-state index contributed by atoms with van der Waals surface area (Å²) >= 11 is 0. The third-order valence-electron chi connectivity index (χ3n) is 4.42. The summed E-state index contributed by atoms with van der Waals surface area (Å²) in [5, 5.41) is 2.30. The first kappa shape index (κ1) is 20.1. The van der Waals surface area contributed by atoms with Gasteiger partial charge in [-0.15, -0.1) is 0 Å². The van der Waals surface area contributed by atoms with Crippen molar-refractivity contribution in [3.8, 4) is 0 Å². The smallest absolute Gasteiger partial charge is 0.366 e.